The SMILES string of the molecule is CC[C@H](C)NC(=O)[C@@H](C)N(Cc1ccccc1)C(=O)CN(c1ccc(C)cc1C)S(=O)(=O)c1ccccc1. The molecule has 0 unspecified atom stereocenters. The van der Waals surface area contributed by atoms with Crippen LogP contribution in [0, 0.1) is 13.8 Å². The quantitative estimate of drug-likeness (QED) is 0.381. The first-order chi connectivity index (χ1) is 18.0. The molecule has 0 aliphatic rings. The number of carbonyl (C=O) groups excluding carboxylic acids is 2. The summed E-state index contributed by atoms with van der Waals surface area (Å²) in [6.45, 7) is 9.02. The van der Waals surface area contributed by atoms with Crippen LogP contribution >= 0.6 is 0 Å². The van der Waals surface area contributed by atoms with Crippen molar-refractivity contribution >= 4 is 27.5 Å². The number of hydrogen-bond acceptors (Lipinski definition) is 4. The highest BCUT2D eigenvalue weighted by atomic mass is 32.2. The second-order valence-electron chi connectivity index (χ2n) is 9.62. The van der Waals surface area contributed by atoms with Crippen LogP contribution in [0.4, 0.5) is 5.69 Å². The predicted octanol–water partition coefficient (Wildman–Crippen LogP) is 4.83. The molecule has 7 nitrogen and oxygen atoms in total. The molecule has 202 valence electrons. The minimum atomic E-state index is -4.07. The smallest absolute Gasteiger partial charge is 0.264 e. The molecule has 0 bridgehead atoms. The fourth-order valence-electron chi connectivity index (χ4n) is 4.15. The molecule has 0 fully saturated rings. The Morgan fingerprint density at radius 3 is 2.08 bits per heavy atom. The van der Waals surface area contributed by atoms with Gasteiger partial charge in [0.1, 0.15) is 12.6 Å². The summed E-state index contributed by atoms with van der Waals surface area (Å²) >= 11 is 0. The van der Waals surface area contributed by atoms with Crippen LogP contribution in [0.15, 0.2) is 83.8 Å². The maximum Gasteiger partial charge on any atom is 0.264 e. The molecule has 0 spiro atoms. The second-order valence-corrected chi connectivity index (χ2v) is 11.5. The van der Waals surface area contributed by atoms with E-state index in [2.05, 4.69) is 5.32 Å². The number of anilines is 1. The molecular weight excluding hydrogens is 498 g/mol. The van der Waals surface area contributed by atoms with Crippen LogP contribution in [0.1, 0.15) is 43.9 Å². The van der Waals surface area contributed by atoms with Crippen molar-refractivity contribution in [3.8, 4) is 0 Å². The second kappa shape index (κ2) is 12.7. The molecular formula is C30H37N3O4S. The van der Waals surface area contributed by atoms with Crippen molar-refractivity contribution in [3.05, 3.63) is 95.6 Å². The lowest BCUT2D eigenvalue weighted by molar-refractivity contribution is -0.139. The third kappa shape index (κ3) is 7.01. The van der Waals surface area contributed by atoms with Crippen LogP contribution in [0.2, 0.25) is 0 Å². The van der Waals surface area contributed by atoms with Crippen LogP contribution in [0.25, 0.3) is 0 Å². The van der Waals surface area contributed by atoms with E-state index >= 15 is 0 Å². The van der Waals surface area contributed by atoms with Crippen molar-refractivity contribution in [3.63, 3.8) is 0 Å². The fourth-order valence-corrected chi connectivity index (χ4v) is 5.65. The predicted molar refractivity (Wildman–Crippen MR) is 151 cm³/mol. The van der Waals surface area contributed by atoms with Gasteiger partial charge in [-0.1, -0.05) is 73.2 Å². The van der Waals surface area contributed by atoms with E-state index in [1.807, 2.05) is 70.2 Å². The first kappa shape index (κ1) is 28.9. The van der Waals surface area contributed by atoms with E-state index in [1.54, 1.807) is 31.2 Å². The highest BCUT2D eigenvalue weighted by Gasteiger charge is 2.33. The maximum absolute atomic E-state index is 13.9. The van der Waals surface area contributed by atoms with Crippen LogP contribution in [0.5, 0.6) is 0 Å². The zero-order chi connectivity index (χ0) is 27.9. The molecule has 0 aliphatic carbocycles. The summed E-state index contributed by atoms with van der Waals surface area (Å²) in [4.78, 5) is 28.5. The lowest BCUT2D eigenvalue weighted by Crippen LogP contribution is -2.52. The number of benzene rings is 3. The van der Waals surface area contributed by atoms with Gasteiger partial charge in [-0.15, -0.1) is 0 Å². The Morgan fingerprint density at radius 1 is 0.895 bits per heavy atom. The number of aryl methyl sites for hydroxylation is 2. The van der Waals surface area contributed by atoms with E-state index in [0.29, 0.717) is 5.69 Å². The summed E-state index contributed by atoms with van der Waals surface area (Å²) in [5.74, 6) is -0.757. The number of amides is 2. The summed E-state index contributed by atoms with van der Waals surface area (Å²) < 4.78 is 28.9. The summed E-state index contributed by atoms with van der Waals surface area (Å²) in [5, 5.41) is 2.94. The van der Waals surface area contributed by atoms with Gasteiger partial charge in [-0.2, -0.15) is 0 Å². The largest absolute Gasteiger partial charge is 0.352 e. The van der Waals surface area contributed by atoms with Crippen LogP contribution in [-0.4, -0.2) is 43.8 Å². The van der Waals surface area contributed by atoms with E-state index < -0.39 is 28.5 Å². The van der Waals surface area contributed by atoms with E-state index in [-0.39, 0.29) is 23.4 Å². The zero-order valence-corrected chi connectivity index (χ0v) is 23.5. The van der Waals surface area contributed by atoms with Gasteiger partial charge in [-0.25, -0.2) is 8.42 Å². The Morgan fingerprint density at radius 2 is 1.50 bits per heavy atom. The van der Waals surface area contributed by atoms with Crippen LogP contribution in [0.3, 0.4) is 0 Å². The van der Waals surface area contributed by atoms with E-state index in [9.17, 15) is 18.0 Å². The standard InChI is InChI=1S/C30H37N3O4S/c1-6-24(4)31-30(35)25(5)32(20-26-13-9-7-10-14-26)29(34)21-33(28-18-17-22(2)19-23(28)3)38(36,37)27-15-11-8-12-16-27/h7-19,24-25H,6,20-21H2,1-5H3,(H,31,35)/t24-,25+/m0/s1. The zero-order valence-electron chi connectivity index (χ0n) is 22.7. The molecule has 38 heavy (non-hydrogen) atoms. The Bertz CT molecular complexity index is 1340. The van der Waals surface area contributed by atoms with E-state index in [4.69, 9.17) is 0 Å². The summed E-state index contributed by atoms with van der Waals surface area (Å²) in [6, 6.07) is 22.0. The highest BCUT2D eigenvalue weighted by molar-refractivity contribution is 7.92. The van der Waals surface area contributed by atoms with Gasteiger partial charge in [0, 0.05) is 12.6 Å². The molecule has 1 N–H and O–H groups in total. The first-order valence-electron chi connectivity index (χ1n) is 12.8. The number of nitrogens with one attached hydrogen (secondary N) is 1. The molecule has 0 aromatic heterocycles. The van der Waals surface area contributed by atoms with Crippen LogP contribution < -0.4 is 9.62 Å². The minimum absolute atomic E-state index is 0.0520. The fraction of sp³-hybridized carbons (Fsp3) is 0.333. The molecule has 3 aromatic rings. The molecule has 2 atom stereocenters. The van der Waals surface area contributed by atoms with Crippen molar-refractivity contribution < 1.29 is 18.0 Å². The molecule has 3 aromatic carbocycles. The lowest BCUT2D eigenvalue weighted by Gasteiger charge is -2.33. The Hall–Kier alpha value is -3.65. The Labute approximate surface area is 226 Å². The van der Waals surface area contributed by atoms with Gasteiger partial charge in [0.2, 0.25) is 11.8 Å². The van der Waals surface area contributed by atoms with Crippen molar-refractivity contribution in [2.75, 3.05) is 10.8 Å². The molecule has 0 radical (unpaired) electrons. The minimum Gasteiger partial charge on any atom is -0.352 e. The van der Waals surface area contributed by atoms with Gasteiger partial charge in [0.05, 0.1) is 10.6 Å². The molecule has 0 heterocycles. The van der Waals surface area contributed by atoms with Gasteiger partial charge in [0.25, 0.3) is 10.0 Å². The van der Waals surface area contributed by atoms with E-state index in [1.165, 1.54) is 17.0 Å². The Balaban J connectivity index is 2.03. The number of sulfonamides is 1. The molecule has 0 saturated carbocycles. The van der Waals surface area contributed by atoms with Crippen molar-refractivity contribution in [1.82, 2.24) is 10.2 Å². The van der Waals surface area contributed by atoms with Crippen LogP contribution in [-0.2, 0) is 26.2 Å². The van der Waals surface area contributed by atoms with Gasteiger partial charge >= 0.3 is 0 Å². The van der Waals surface area contributed by atoms with Gasteiger partial charge < -0.3 is 10.2 Å². The van der Waals surface area contributed by atoms with Gasteiger partial charge in [-0.3, -0.25) is 13.9 Å². The Kier molecular flexibility index (Phi) is 9.69. The first-order valence-corrected chi connectivity index (χ1v) is 14.3. The van der Waals surface area contributed by atoms with E-state index in [0.717, 1.165) is 27.4 Å². The third-order valence-corrected chi connectivity index (χ3v) is 8.37. The summed E-state index contributed by atoms with van der Waals surface area (Å²) in [6.07, 6.45) is 0.751. The topological polar surface area (TPSA) is 86.8 Å². The normalized spacial score (nSPS) is 12.9. The maximum atomic E-state index is 13.9. The monoisotopic (exact) mass is 535 g/mol. The van der Waals surface area contributed by atoms with Crippen molar-refractivity contribution in [1.29, 1.82) is 0 Å². The average Bonchev–Trinajstić information content (AvgIpc) is 2.91. The summed E-state index contributed by atoms with van der Waals surface area (Å²) in [5.41, 5.74) is 2.97. The van der Waals surface area contributed by atoms with Crippen molar-refractivity contribution in [2.24, 2.45) is 0 Å². The molecule has 3 rings (SSSR count). The average molecular weight is 536 g/mol. The third-order valence-electron chi connectivity index (χ3n) is 6.60. The number of carbonyl (C=O) groups is 2. The highest BCUT2D eigenvalue weighted by Crippen LogP contribution is 2.28. The number of nitrogens with zero attached hydrogens (tertiary/aromatic N) is 2. The summed E-state index contributed by atoms with van der Waals surface area (Å²) in [7, 11) is -4.07. The van der Waals surface area contributed by atoms with Gasteiger partial charge in [-0.05, 0) is 63.4 Å². The van der Waals surface area contributed by atoms with Gasteiger partial charge in [0.15, 0.2) is 0 Å². The molecule has 0 aliphatic heterocycles. The molecule has 0 saturated heterocycles. The molecule has 2 amide bonds. The van der Waals surface area contributed by atoms with Crippen molar-refractivity contribution in [2.45, 2.75) is 64.6 Å². The number of hydrogen-bond donors (Lipinski definition) is 1. The lowest BCUT2D eigenvalue weighted by atomic mass is 10.1. The molecule has 8 heteroatoms. The number of rotatable bonds is 11.